The number of benzene rings is 4. The van der Waals surface area contributed by atoms with Gasteiger partial charge in [0.1, 0.15) is 11.6 Å². The number of amides is 4. The number of allylic oxidation sites excluding steroid dienone is 2. The van der Waals surface area contributed by atoms with Crippen LogP contribution in [0.25, 0.3) is 10.8 Å². The molecule has 0 unspecified atom stereocenters. The summed E-state index contributed by atoms with van der Waals surface area (Å²) in [6.07, 6.45) is 1.69. The molecule has 4 aromatic carbocycles. The molecule has 2 aliphatic heterocycles. The Kier molecular flexibility index (Phi) is 8.08. The van der Waals surface area contributed by atoms with Crippen molar-refractivity contribution in [2.45, 2.75) is 25.7 Å². The van der Waals surface area contributed by atoms with Crippen molar-refractivity contribution in [2.75, 3.05) is 28.8 Å². The minimum Gasteiger partial charge on any atom is -0.508 e. The van der Waals surface area contributed by atoms with Gasteiger partial charge in [0, 0.05) is 37.7 Å². The molecule has 4 aliphatic rings. The average Bonchev–Trinajstić information content (AvgIpc) is 3.51. The molecule has 8 rings (SSSR count). The van der Waals surface area contributed by atoms with Gasteiger partial charge in [0.15, 0.2) is 5.69 Å². The first-order valence-electron chi connectivity index (χ1n) is 17.3. The van der Waals surface area contributed by atoms with Crippen molar-refractivity contribution >= 4 is 74.4 Å². The highest BCUT2D eigenvalue weighted by Crippen LogP contribution is 2.65. The van der Waals surface area contributed by atoms with Crippen LogP contribution in [0.5, 0.6) is 5.75 Å². The number of imide groups is 2. The number of nitrogens with zero attached hydrogens (tertiary/aromatic N) is 5. The molecule has 0 radical (unpaired) electrons. The molecule has 0 bridgehead atoms. The molecular formula is C39H31ClFN5O9. The van der Waals surface area contributed by atoms with Crippen LogP contribution in [0.2, 0.25) is 5.02 Å². The van der Waals surface area contributed by atoms with E-state index in [9.17, 15) is 48.9 Å². The predicted octanol–water partition coefficient (Wildman–Crippen LogP) is 6.66. The summed E-state index contributed by atoms with van der Waals surface area (Å²) in [5.41, 5.74) is -2.64. The summed E-state index contributed by atoms with van der Waals surface area (Å²) < 4.78 is 14.3. The smallest absolute Gasteiger partial charge is 0.301 e. The quantitative estimate of drug-likeness (QED) is 0.0964. The van der Waals surface area contributed by atoms with E-state index in [0.29, 0.717) is 16.5 Å². The van der Waals surface area contributed by atoms with Crippen molar-refractivity contribution in [2.24, 2.45) is 29.1 Å². The molecule has 1 saturated carbocycles. The Hall–Kier alpha value is -6.22. The number of aromatic hydroxyl groups is 1. The van der Waals surface area contributed by atoms with Crippen LogP contribution in [0.3, 0.4) is 0 Å². The summed E-state index contributed by atoms with van der Waals surface area (Å²) in [6.45, 7) is 1.64. The summed E-state index contributed by atoms with van der Waals surface area (Å²) in [5.74, 6) is -8.75. The maximum atomic E-state index is 14.8. The number of anilines is 3. The maximum Gasteiger partial charge on any atom is 0.301 e. The van der Waals surface area contributed by atoms with Crippen molar-refractivity contribution in [3.8, 4) is 5.75 Å². The molecule has 6 atom stereocenters. The van der Waals surface area contributed by atoms with Crippen LogP contribution >= 0.6 is 11.6 Å². The summed E-state index contributed by atoms with van der Waals surface area (Å²) in [4.78, 5) is 83.8. The van der Waals surface area contributed by atoms with E-state index in [0.717, 1.165) is 33.4 Å². The lowest BCUT2D eigenvalue weighted by Gasteiger charge is -2.49. The zero-order valence-electron chi connectivity index (χ0n) is 29.4. The molecular weight excluding hydrogens is 737 g/mol. The average molecular weight is 768 g/mol. The number of nitro benzene ring substituents is 2. The van der Waals surface area contributed by atoms with Gasteiger partial charge in [-0.15, -0.1) is 0 Å². The lowest BCUT2D eigenvalue weighted by molar-refractivity contribution is -0.392. The molecule has 0 spiro atoms. The van der Waals surface area contributed by atoms with Gasteiger partial charge in [0.05, 0.1) is 49.4 Å². The van der Waals surface area contributed by atoms with Gasteiger partial charge < -0.3 is 10.0 Å². The molecule has 16 heteroatoms. The maximum absolute atomic E-state index is 14.8. The van der Waals surface area contributed by atoms with Gasteiger partial charge in [-0.2, -0.15) is 0 Å². The molecule has 2 heterocycles. The van der Waals surface area contributed by atoms with E-state index >= 15 is 0 Å². The van der Waals surface area contributed by atoms with Crippen molar-refractivity contribution in [1.29, 1.82) is 0 Å². The van der Waals surface area contributed by atoms with Gasteiger partial charge in [-0.05, 0) is 60.7 Å². The number of carbonyl (C=O) groups is 4. The van der Waals surface area contributed by atoms with E-state index in [1.54, 1.807) is 31.2 Å². The number of hydrogen-bond acceptors (Lipinski definition) is 10. The molecule has 2 aliphatic carbocycles. The first-order valence-corrected chi connectivity index (χ1v) is 17.7. The second kappa shape index (κ2) is 12.4. The number of nitro groups is 2. The summed E-state index contributed by atoms with van der Waals surface area (Å²) in [7, 11) is 2.79. The Labute approximate surface area is 316 Å². The van der Waals surface area contributed by atoms with E-state index in [1.807, 2.05) is 12.1 Å². The number of halogens is 2. The number of rotatable bonds is 6. The molecule has 1 N–H and O–H groups in total. The van der Waals surface area contributed by atoms with Gasteiger partial charge >= 0.3 is 11.4 Å². The Balaban J connectivity index is 1.30. The van der Waals surface area contributed by atoms with Gasteiger partial charge in [-0.3, -0.25) is 39.4 Å². The third-order valence-electron chi connectivity index (χ3n) is 11.8. The fraction of sp³-hybridized carbons (Fsp3) is 0.282. The molecule has 2 saturated heterocycles. The van der Waals surface area contributed by atoms with Gasteiger partial charge in [-0.25, -0.2) is 14.2 Å². The third kappa shape index (κ3) is 4.98. The minimum absolute atomic E-state index is 0.000261. The number of fused-ring (bicyclic) bond motifs is 5. The number of carbonyl (C=O) groups excluding carboxylic acids is 4. The predicted molar refractivity (Wildman–Crippen MR) is 198 cm³/mol. The van der Waals surface area contributed by atoms with Crippen LogP contribution in [0.15, 0.2) is 78.4 Å². The molecule has 4 amide bonds. The molecule has 0 aromatic heterocycles. The highest BCUT2D eigenvalue weighted by Gasteiger charge is 2.68. The van der Waals surface area contributed by atoms with Gasteiger partial charge in [-0.1, -0.05) is 53.6 Å². The highest BCUT2D eigenvalue weighted by molar-refractivity contribution is 6.32. The fourth-order valence-corrected chi connectivity index (χ4v) is 9.67. The second-order valence-electron chi connectivity index (χ2n) is 14.7. The standard InChI is InChI=1S/C39H31ClFN5O9/c1-39-25(36(49)44(38(39)51)19-9-12-27(41)26(40)14-19)17-24-22(33(39)32-21-7-5-4-6-18(21)8-13-30(32)47)10-11-23-31(24)37(50)43(35(23)48)20-15-28(45(52)53)34(42(2)3)29(16-20)46(54)55/h4-10,12-16,23-25,31,33,47H,11,17H2,1-3H3/t23-,24+,25-,31-,33+,39+/m0/s1. The van der Waals surface area contributed by atoms with Crippen molar-refractivity contribution in [3.05, 3.63) is 115 Å². The number of phenols is 1. The molecule has 55 heavy (non-hydrogen) atoms. The van der Waals surface area contributed by atoms with E-state index in [4.69, 9.17) is 11.6 Å². The van der Waals surface area contributed by atoms with Crippen LogP contribution in [-0.4, -0.2) is 52.7 Å². The lowest BCUT2D eigenvalue weighted by atomic mass is 9.51. The van der Waals surface area contributed by atoms with Crippen LogP contribution < -0.4 is 14.7 Å². The third-order valence-corrected chi connectivity index (χ3v) is 12.1. The summed E-state index contributed by atoms with van der Waals surface area (Å²) >= 11 is 6.10. The highest BCUT2D eigenvalue weighted by atomic mass is 35.5. The van der Waals surface area contributed by atoms with E-state index in [1.165, 1.54) is 37.2 Å². The molecule has 4 aromatic rings. The molecule has 3 fully saturated rings. The largest absolute Gasteiger partial charge is 0.508 e. The van der Waals surface area contributed by atoms with Crippen molar-refractivity contribution in [1.82, 2.24) is 0 Å². The number of hydrogen-bond donors (Lipinski definition) is 1. The van der Waals surface area contributed by atoms with Crippen molar-refractivity contribution < 1.29 is 38.5 Å². The minimum atomic E-state index is -1.55. The second-order valence-corrected chi connectivity index (χ2v) is 15.1. The van der Waals surface area contributed by atoms with Crippen molar-refractivity contribution in [3.63, 3.8) is 0 Å². The summed E-state index contributed by atoms with van der Waals surface area (Å²) in [5, 5.41) is 37.0. The Bertz CT molecular complexity index is 2450. The fourth-order valence-electron chi connectivity index (χ4n) is 9.49. The van der Waals surface area contributed by atoms with E-state index in [2.05, 4.69) is 0 Å². The number of phenolic OH excluding ortho intramolecular Hbond substituents is 1. The molecule has 280 valence electrons. The monoisotopic (exact) mass is 767 g/mol. The first kappa shape index (κ1) is 35.8. The lowest BCUT2D eigenvalue weighted by Crippen LogP contribution is -2.49. The van der Waals surface area contributed by atoms with Crippen LogP contribution in [0.1, 0.15) is 31.2 Å². The zero-order valence-corrected chi connectivity index (χ0v) is 30.2. The van der Waals surface area contributed by atoms with Gasteiger partial charge in [0.25, 0.3) is 0 Å². The Morgan fingerprint density at radius 2 is 1.55 bits per heavy atom. The van der Waals surface area contributed by atoms with Crippen LogP contribution in [0, 0.1) is 55.1 Å². The van der Waals surface area contributed by atoms with E-state index < -0.39 is 85.7 Å². The Morgan fingerprint density at radius 3 is 2.18 bits per heavy atom. The summed E-state index contributed by atoms with van der Waals surface area (Å²) in [6, 6.07) is 15.8. The normalized spacial score (nSPS) is 25.8. The van der Waals surface area contributed by atoms with Crippen LogP contribution in [0.4, 0.5) is 32.8 Å². The van der Waals surface area contributed by atoms with Crippen LogP contribution in [-0.2, 0) is 19.2 Å². The zero-order chi connectivity index (χ0) is 39.4. The first-order chi connectivity index (χ1) is 26.1. The van der Waals surface area contributed by atoms with Gasteiger partial charge in [0.2, 0.25) is 23.6 Å². The van der Waals surface area contributed by atoms with E-state index in [-0.39, 0.29) is 40.7 Å². The SMILES string of the molecule is CN(C)c1c([N+](=O)[O-])cc(N2C(=O)[C@H]3[C@H](CC=C4[C@H]3C[C@H]3C(=O)N(c5ccc(F)c(Cl)c5)C(=O)[C@@]3(C)[C@H]4c3c(O)ccc4ccccc34)C2=O)cc1[N+](=O)[O-]. The topological polar surface area (TPSA) is 185 Å². The molecule has 14 nitrogen and oxygen atoms in total. The Morgan fingerprint density at radius 1 is 0.873 bits per heavy atom.